The maximum Gasteiger partial charge on any atom is 0.408 e. The summed E-state index contributed by atoms with van der Waals surface area (Å²) in [6.45, 7) is 8.70. The summed E-state index contributed by atoms with van der Waals surface area (Å²) in [6, 6.07) is 5.68. The zero-order valence-electron chi connectivity index (χ0n) is 24.1. The molecule has 41 heavy (non-hydrogen) atoms. The van der Waals surface area contributed by atoms with E-state index in [1.165, 1.54) is 10.8 Å². The lowest BCUT2D eigenvalue weighted by atomic mass is 9.79. The van der Waals surface area contributed by atoms with Crippen LogP contribution in [0.2, 0.25) is 0 Å². The maximum atomic E-state index is 13.2. The fraction of sp³-hybridized carbons (Fsp3) is 0.679. The molecule has 3 fully saturated rings. The topological polar surface area (TPSA) is 172 Å². The predicted molar refractivity (Wildman–Crippen MR) is 144 cm³/mol. The van der Waals surface area contributed by atoms with Gasteiger partial charge in [-0.1, -0.05) is 19.3 Å². The molecule has 13 heteroatoms. The van der Waals surface area contributed by atoms with Crippen molar-refractivity contribution in [1.82, 2.24) is 19.9 Å². The number of carbonyl (C=O) groups is 2. The molecule has 1 saturated carbocycles. The number of alkyl carbamates (subject to hydrolysis) is 1. The van der Waals surface area contributed by atoms with Gasteiger partial charge in [-0.3, -0.25) is 4.79 Å². The van der Waals surface area contributed by atoms with Crippen LogP contribution in [0.15, 0.2) is 18.5 Å². The Kier molecular flexibility index (Phi) is 7.38. The van der Waals surface area contributed by atoms with E-state index in [4.69, 9.17) is 29.4 Å². The zero-order chi connectivity index (χ0) is 29.6. The van der Waals surface area contributed by atoms with Gasteiger partial charge in [0, 0.05) is 0 Å². The molecule has 2 saturated heterocycles. The van der Waals surface area contributed by atoms with E-state index in [1.54, 1.807) is 46.8 Å². The van der Waals surface area contributed by atoms with Gasteiger partial charge in [-0.05, 0) is 59.6 Å². The molecule has 4 atom stereocenters. The number of fused-ring (bicyclic) bond motifs is 2. The van der Waals surface area contributed by atoms with E-state index in [2.05, 4.69) is 21.5 Å². The first-order valence-corrected chi connectivity index (χ1v) is 14.0. The van der Waals surface area contributed by atoms with Crippen molar-refractivity contribution in [3.63, 3.8) is 0 Å². The number of ether oxygens (including phenoxy) is 5. The van der Waals surface area contributed by atoms with Crippen LogP contribution in [-0.2, 0) is 34.1 Å². The average molecular weight is 571 g/mol. The van der Waals surface area contributed by atoms with Crippen molar-refractivity contribution < 1.29 is 33.3 Å². The Morgan fingerprint density at radius 1 is 1.20 bits per heavy atom. The summed E-state index contributed by atoms with van der Waals surface area (Å²) in [6.07, 6.45) is 2.44. The molecule has 0 unspecified atom stereocenters. The number of esters is 1. The van der Waals surface area contributed by atoms with Crippen molar-refractivity contribution in [1.29, 1.82) is 5.26 Å². The van der Waals surface area contributed by atoms with Crippen LogP contribution in [0.3, 0.4) is 0 Å². The molecule has 5 rings (SSSR count). The number of nitrogens with one attached hydrogen (secondary N) is 1. The van der Waals surface area contributed by atoms with Crippen molar-refractivity contribution in [2.24, 2.45) is 0 Å². The SMILES string of the molecule is CC(C)(C)OC(=O)NC1(CC(=O)OC[C@H]2O[C@@](C#N)(c3ccc4c(N)ncnn34)[C@@H]3OC(C)(C)O[C@@H]32)CCCCC1. The number of aromatic nitrogens is 3. The van der Waals surface area contributed by atoms with Crippen LogP contribution in [0.5, 0.6) is 0 Å². The van der Waals surface area contributed by atoms with Crippen molar-refractivity contribution in [3.05, 3.63) is 24.2 Å². The molecule has 3 N–H and O–H groups in total. The molecule has 0 spiro atoms. The number of nitrogens with two attached hydrogens (primary N) is 1. The Morgan fingerprint density at radius 2 is 1.93 bits per heavy atom. The molecule has 1 aliphatic carbocycles. The summed E-state index contributed by atoms with van der Waals surface area (Å²) in [5.74, 6) is -1.25. The number of amides is 1. The maximum absolute atomic E-state index is 13.2. The number of hydrogen-bond acceptors (Lipinski definition) is 11. The van der Waals surface area contributed by atoms with Gasteiger partial charge in [-0.25, -0.2) is 14.3 Å². The Bertz CT molecular complexity index is 1360. The highest BCUT2D eigenvalue weighted by Crippen LogP contribution is 2.49. The number of nitrogens with zero attached hydrogens (tertiary/aromatic N) is 4. The van der Waals surface area contributed by atoms with Crippen LogP contribution in [-0.4, -0.2) is 68.5 Å². The van der Waals surface area contributed by atoms with Crippen LogP contribution in [0.1, 0.15) is 78.8 Å². The fourth-order valence-corrected chi connectivity index (χ4v) is 6.06. The summed E-state index contributed by atoms with van der Waals surface area (Å²) in [5.41, 5.74) is 3.89. The lowest BCUT2D eigenvalue weighted by Gasteiger charge is -2.37. The van der Waals surface area contributed by atoms with E-state index < -0.39 is 52.9 Å². The van der Waals surface area contributed by atoms with Gasteiger partial charge in [0.2, 0.25) is 5.60 Å². The number of hydrogen-bond donors (Lipinski definition) is 2. The summed E-state index contributed by atoms with van der Waals surface area (Å²) in [7, 11) is 0. The first-order valence-electron chi connectivity index (χ1n) is 14.0. The standard InChI is InChI=1S/C28H38N6O7/c1-25(2,3)41-24(36)33-27(11-7-6-8-12-27)13-20(35)37-14-18-21-22(40-26(4,5)39-21)28(15-29,38-18)19-10-9-17-23(30)31-16-32-34(17)19/h9-10,16,18,21-22H,6-8,11-14H2,1-5H3,(H,33,36)(H2,30,31,32)/t18-,21-,22-,28+/m1/s1. The van der Waals surface area contributed by atoms with Gasteiger partial charge in [-0.15, -0.1) is 0 Å². The van der Waals surface area contributed by atoms with Gasteiger partial charge in [-0.2, -0.15) is 10.4 Å². The van der Waals surface area contributed by atoms with Crippen LogP contribution in [0.4, 0.5) is 10.6 Å². The smallest absolute Gasteiger partial charge is 0.408 e. The Labute approximate surface area is 238 Å². The van der Waals surface area contributed by atoms with Crippen LogP contribution < -0.4 is 11.1 Å². The summed E-state index contributed by atoms with van der Waals surface area (Å²) < 4.78 is 31.3. The van der Waals surface area contributed by atoms with Crippen LogP contribution in [0.25, 0.3) is 5.52 Å². The minimum absolute atomic E-state index is 0.0150. The lowest BCUT2D eigenvalue weighted by molar-refractivity contribution is -0.207. The quantitative estimate of drug-likeness (QED) is 0.489. The Morgan fingerprint density at radius 3 is 2.61 bits per heavy atom. The number of carbonyl (C=O) groups excluding carboxylic acids is 2. The molecule has 222 valence electrons. The Balaban J connectivity index is 1.34. The second-order valence-electron chi connectivity index (χ2n) is 12.5. The molecule has 4 heterocycles. The highest BCUT2D eigenvalue weighted by atomic mass is 16.8. The minimum atomic E-state index is -1.62. The van der Waals surface area contributed by atoms with E-state index in [1.807, 2.05) is 0 Å². The third-order valence-electron chi connectivity index (χ3n) is 7.73. The van der Waals surface area contributed by atoms with E-state index in [-0.39, 0.29) is 18.8 Å². The molecule has 2 aromatic rings. The van der Waals surface area contributed by atoms with Crippen molar-refractivity contribution in [2.45, 2.75) is 114 Å². The van der Waals surface area contributed by atoms with Crippen LogP contribution >= 0.6 is 0 Å². The largest absolute Gasteiger partial charge is 0.463 e. The van der Waals surface area contributed by atoms with Crippen molar-refractivity contribution >= 4 is 23.4 Å². The second-order valence-corrected chi connectivity index (χ2v) is 12.5. The monoisotopic (exact) mass is 570 g/mol. The second kappa shape index (κ2) is 10.4. The third kappa shape index (κ3) is 5.68. The Hall–Kier alpha value is -3.47. The van der Waals surface area contributed by atoms with Gasteiger partial charge in [0.05, 0.1) is 17.7 Å². The third-order valence-corrected chi connectivity index (χ3v) is 7.73. The van der Waals surface area contributed by atoms with Gasteiger partial charge < -0.3 is 34.7 Å². The van der Waals surface area contributed by atoms with Crippen molar-refractivity contribution in [2.75, 3.05) is 12.3 Å². The molecular formula is C28H38N6O7. The van der Waals surface area contributed by atoms with Gasteiger partial charge in [0.1, 0.15) is 48.4 Å². The molecule has 0 bridgehead atoms. The minimum Gasteiger partial charge on any atom is -0.463 e. The first-order chi connectivity index (χ1) is 19.3. The molecule has 2 aromatic heterocycles. The average Bonchev–Trinajstić information content (AvgIpc) is 3.53. The van der Waals surface area contributed by atoms with Gasteiger partial charge in [0.25, 0.3) is 0 Å². The number of nitrogen functional groups attached to an aromatic ring is 1. The molecule has 1 amide bonds. The van der Waals surface area contributed by atoms with E-state index in [0.717, 1.165) is 19.3 Å². The van der Waals surface area contributed by atoms with E-state index >= 15 is 0 Å². The number of nitriles is 1. The molecule has 0 radical (unpaired) electrons. The van der Waals surface area contributed by atoms with Gasteiger partial charge >= 0.3 is 12.1 Å². The highest BCUT2D eigenvalue weighted by Gasteiger charge is 2.65. The lowest BCUT2D eigenvalue weighted by Crippen LogP contribution is -2.52. The summed E-state index contributed by atoms with van der Waals surface area (Å²) in [5, 5.41) is 17.7. The molecule has 3 aliphatic rings. The number of rotatable bonds is 6. The molecule has 13 nitrogen and oxygen atoms in total. The fourth-order valence-electron chi connectivity index (χ4n) is 6.06. The van der Waals surface area contributed by atoms with E-state index in [9.17, 15) is 14.9 Å². The number of anilines is 1. The zero-order valence-corrected chi connectivity index (χ0v) is 24.1. The summed E-state index contributed by atoms with van der Waals surface area (Å²) >= 11 is 0. The normalized spacial score (nSPS) is 28.5. The summed E-state index contributed by atoms with van der Waals surface area (Å²) in [4.78, 5) is 29.8. The van der Waals surface area contributed by atoms with Crippen molar-refractivity contribution in [3.8, 4) is 6.07 Å². The predicted octanol–water partition coefficient (Wildman–Crippen LogP) is 3.11. The first kappa shape index (κ1) is 29.0. The van der Waals surface area contributed by atoms with E-state index in [0.29, 0.717) is 24.1 Å². The molecule has 0 aromatic carbocycles. The van der Waals surface area contributed by atoms with Crippen LogP contribution in [0, 0.1) is 11.3 Å². The van der Waals surface area contributed by atoms with Gasteiger partial charge in [0.15, 0.2) is 11.6 Å². The molecular weight excluding hydrogens is 532 g/mol. The molecule has 2 aliphatic heterocycles. The highest BCUT2D eigenvalue weighted by molar-refractivity contribution is 5.74.